The average Bonchev–Trinajstić information content (AvgIpc) is 2.69. The van der Waals surface area contributed by atoms with Crippen LogP contribution in [0.3, 0.4) is 0 Å². The molecule has 0 saturated carbocycles. The second-order valence-corrected chi connectivity index (χ2v) is 6.39. The first-order chi connectivity index (χ1) is 13.0. The van der Waals surface area contributed by atoms with Gasteiger partial charge in [0.1, 0.15) is 19.0 Å². The number of amidine groups is 1. The van der Waals surface area contributed by atoms with Crippen LogP contribution in [-0.4, -0.2) is 47.3 Å². The summed E-state index contributed by atoms with van der Waals surface area (Å²) in [4.78, 5) is 27.7. The molecule has 3 N–H and O–H groups in total. The Morgan fingerprint density at radius 1 is 1.04 bits per heavy atom. The van der Waals surface area contributed by atoms with E-state index in [9.17, 15) is 9.59 Å². The molecule has 0 atom stereocenters. The number of ether oxygens (including phenoxy) is 1. The summed E-state index contributed by atoms with van der Waals surface area (Å²) in [6.07, 6.45) is -0.474. The summed E-state index contributed by atoms with van der Waals surface area (Å²) >= 11 is 0. The van der Waals surface area contributed by atoms with Gasteiger partial charge in [-0.1, -0.05) is 54.6 Å². The monoisotopic (exact) mass is 366 g/mol. The molecule has 1 heterocycles. The van der Waals surface area contributed by atoms with E-state index in [1.807, 2.05) is 42.5 Å². The maximum absolute atomic E-state index is 12.4. The predicted octanol–water partition coefficient (Wildman–Crippen LogP) is 1.95. The van der Waals surface area contributed by atoms with Gasteiger partial charge < -0.3 is 15.4 Å². The van der Waals surface area contributed by atoms with Gasteiger partial charge in [0.15, 0.2) is 0 Å². The van der Waals surface area contributed by atoms with Crippen LogP contribution in [0.15, 0.2) is 54.6 Å². The fourth-order valence-corrected chi connectivity index (χ4v) is 2.85. The zero-order valence-corrected chi connectivity index (χ0v) is 14.9. The van der Waals surface area contributed by atoms with E-state index in [-0.39, 0.29) is 24.9 Å². The average molecular weight is 366 g/mol. The van der Waals surface area contributed by atoms with Crippen LogP contribution in [0.1, 0.15) is 16.7 Å². The standard InChI is InChI=1S/C20H22N4O3/c21-19(22)17-8-6-15(7-9-17)12-23-10-11-24(13-18(23)25)20(26)27-14-16-4-2-1-3-5-16/h1-9H,10-14H2,(H3,21,22). The Labute approximate surface area is 157 Å². The number of piperazine rings is 1. The van der Waals surface area contributed by atoms with Crippen molar-refractivity contribution < 1.29 is 14.3 Å². The smallest absolute Gasteiger partial charge is 0.410 e. The van der Waals surface area contributed by atoms with Gasteiger partial charge in [0, 0.05) is 25.2 Å². The molecule has 1 saturated heterocycles. The highest BCUT2D eigenvalue weighted by Gasteiger charge is 2.28. The Morgan fingerprint density at radius 3 is 2.37 bits per heavy atom. The summed E-state index contributed by atoms with van der Waals surface area (Å²) in [5.74, 6) is -0.103. The Morgan fingerprint density at radius 2 is 1.74 bits per heavy atom. The summed E-state index contributed by atoms with van der Waals surface area (Å²) < 4.78 is 5.29. The molecule has 0 spiro atoms. The molecule has 140 valence electrons. The van der Waals surface area contributed by atoms with Crippen molar-refractivity contribution in [3.63, 3.8) is 0 Å². The van der Waals surface area contributed by atoms with Gasteiger partial charge in [0.25, 0.3) is 0 Å². The number of rotatable bonds is 5. The first kappa shape index (κ1) is 18.4. The lowest BCUT2D eigenvalue weighted by Gasteiger charge is -2.33. The lowest BCUT2D eigenvalue weighted by Crippen LogP contribution is -2.51. The lowest BCUT2D eigenvalue weighted by atomic mass is 10.1. The van der Waals surface area contributed by atoms with Crippen molar-refractivity contribution in [2.24, 2.45) is 5.73 Å². The molecule has 0 aromatic heterocycles. The van der Waals surface area contributed by atoms with Crippen molar-refractivity contribution in [1.82, 2.24) is 9.80 Å². The van der Waals surface area contributed by atoms with Crippen molar-refractivity contribution >= 4 is 17.8 Å². The number of carbonyl (C=O) groups is 2. The van der Waals surface area contributed by atoms with E-state index in [1.165, 1.54) is 4.90 Å². The number of benzene rings is 2. The van der Waals surface area contributed by atoms with Crippen LogP contribution in [0.25, 0.3) is 0 Å². The van der Waals surface area contributed by atoms with Gasteiger partial charge in [0.05, 0.1) is 0 Å². The molecule has 0 bridgehead atoms. The quantitative estimate of drug-likeness (QED) is 0.624. The second kappa shape index (κ2) is 8.35. The third kappa shape index (κ3) is 4.84. The summed E-state index contributed by atoms with van der Waals surface area (Å²) in [7, 11) is 0. The molecule has 0 aliphatic carbocycles. The molecular formula is C20H22N4O3. The van der Waals surface area contributed by atoms with E-state index in [0.717, 1.165) is 11.1 Å². The number of hydrogen-bond donors (Lipinski definition) is 2. The lowest BCUT2D eigenvalue weighted by molar-refractivity contribution is -0.136. The molecule has 1 aliphatic rings. The predicted molar refractivity (Wildman–Crippen MR) is 101 cm³/mol. The van der Waals surface area contributed by atoms with E-state index < -0.39 is 6.09 Å². The second-order valence-electron chi connectivity index (χ2n) is 6.39. The number of nitrogens with zero attached hydrogens (tertiary/aromatic N) is 2. The Kier molecular flexibility index (Phi) is 5.71. The van der Waals surface area contributed by atoms with Crippen LogP contribution in [0.4, 0.5) is 4.79 Å². The van der Waals surface area contributed by atoms with E-state index in [0.29, 0.717) is 25.2 Å². The summed E-state index contributed by atoms with van der Waals surface area (Å²) in [6.45, 7) is 1.55. The molecule has 0 unspecified atom stereocenters. The molecule has 3 rings (SSSR count). The Hall–Kier alpha value is -3.35. The SMILES string of the molecule is N=C(N)c1ccc(CN2CCN(C(=O)OCc3ccccc3)CC2=O)cc1. The highest BCUT2D eigenvalue weighted by Crippen LogP contribution is 2.12. The fourth-order valence-electron chi connectivity index (χ4n) is 2.85. The molecule has 2 aromatic carbocycles. The van der Waals surface area contributed by atoms with Gasteiger partial charge in [-0.25, -0.2) is 4.79 Å². The maximum Gasteiger partial charge on any atom is 0.410 e. The normalized spacial score (nSPS) is 14.1. The van der Waals surface area contributed by atoms with Gasteiger partial charge in [-0.15, -0.1) is 0 Å². The van der Waals surface area contributed by atoms with E-state index in [4.69, 9.17) is 15.9 Å². The van der Waals surface area contributed by atoms with Crippen LogP contribution in [-0.2, 0) is 22.7 Å². The Bertz CT molecular complexity index is 821. The van der Waals surface area contributed by atoms with Crippen molar-refractivity contribution in [3.05, 3.63) is 71.3 Å². The van der Waals surface area contributed by atoms with Crippen LogP contribution >= 0.6 is 0 Å². The molecular weight excluding hydrogens is 344 g/mol. The van der Waals surface area contributed by atoms with Gasteiger partial charge in [-0.05, 0) is 11.1 Å². The van der Waals surface area contributed by atoms with Gasteiger partial charge in [-0.3, -0.25) is 15.1 Å². The number of nitrogens with one attached hydrogen (secondary N) is 1. The van der Waals surface area contributed by atoms with E-state index >= 15 is 0 Å². The molecule has 7 heteroatoms. The molecule has 1 fully saturated rings. The van der Waals surface area contributed by atoms with Crippen molar-refractivity contribution in [2.45, 2.75) is 13.2 Å². The Balaban J connectivity index is 1.50. The van der Waals surface area contributed by atoms with Crippen molar-refractivity contribution in [3.8, 4) is 0 Å². The van der Waals surface area contributed by atoms with Gasteiger partial charge in [-0.2, -0.15) is 0 Å². The first-order valence-electron chi connectivity index (χ1n) is 8.69. The van der Waals surface area contributed by atoms with Crippen molar-refractivity contribution in [2.75, 3.05) is 19.6 Å². The number of amides is 2. The highest BCUT2D eigenvalue weighted by molar-refractivity contribution is 5.94. The van der Waals surface area contributed by atoms with Crippen LogP contribution < -0.4 is 5.73 Å². The molecule has 7 nitrogen and oxygen atoms in total. The zero-order valence-electron chi connectivity index (χ0n) is 14.9. The van der Waals surface area contributed by atoms with Crippen LogP contribution in [0.5, 0.6) is 0 Å². The first-order valence-corrected chi connectivity index (χ1v) is 8.69. The number of nitrogen functional groups attached to an aromatic ring is 1. The third-order valence-electron chi connectivity index (χ3n) is 4.42. The minimum Gasteiger partial charge on any atom is -0.445 e. The summed E-state index contributed by atoms with van der Waals surface area (Å²) in [5, 5.41) is 7.41. The number of carbonyl (C=O) groups excluding carboxylic acids is 2. The fraction of sp³-hybridized carbons (Fsp3) is 0.250. The minimum absolute atomic E-state index is 0.0130. The van der Waals surface area contributed by atoms with E-state index in [1.54, 1.807) is 17.0 Å². The minimum atomic E-state index is -0.474. The molecule has 0 radical (unpaired) electrons. The molecule has 2 amide bonds. The maximum atomic E-state index is 12.4. The van der Waals surface area contributed by atoms with Gasteiger partial charge in [0.2, 0.25) is 5.91 Å². The molecule has 1 aliphatic heterocycles. The third-order valence-corrected chi connectivity index (χ3v) is 4.42. The highest BCUT2D eigenvalue weighted by atomic mass is 16.6. The number of nitrogens with two attached hydrogens (primary N) is 1. The topological polar surface area (TPSA) is 99.7 Å². The number of hydrogen-bond acceptors (Lipinski definition) is 4. The molecule has 2 aromatic rings. The largest absolute Gasteiger partial charge is 0.445 e. The van der Waals surface area contributed by atoms with E-state index in [2.05, 4.69) is 0 Å². The zero-order chi connectivity index (χ0) is 19.2. The van der Waals surface area contributed by atoms with Crippen LogP contribution in [0, 0.1) is 5.41 Å². The van der Waals surface area contributed by atoms with Gasteiger partial charge >= 0.3 is 6.09 Å². The summed E-state index contributed by atoms with van der Waals surface area (Å²) in [6, 6.07) is 16.7. The molecule has 27 heavy (non-hydrogen) atoms. The van der Waals surface area contributed by atoms with Crippen molar-refractivity contribution in [1.29, 1.82) is 5.41 Å². The summed E-state index contributed by atoms with van der Waals surface area (Å²) in [5.41, 5.74) is 7.95. The van der Waals surface area contributed by atoms with Crippen LogP contribution in [0.2, 0.25) is 0 Å².